The topological polar surface area (TPSA) is 75.1 Å². The summed E-state index contributed by atoms with van der Waals surface area (Å²) in [5.41, 5.74) is 0.00582. The average Bonchev–Trinajstić information content (AvgIpc) is 2.65. The number of carboxylic acids is 1. The molecule has 92 valence electrons. The summed E-state index contributed by atoms with van der Waals surface area (Å²) in [6.45, 7) is 3.68. The van der Waals surface area contributed by atoms with Crippen molar-refractivity contribution in [1.29, 1.82) is 0 Å². The number of aryl methyl sites for hydroxylation is 2. The van der Waals surface area contributed by atoms with Crippen LogP contribution in [0.15, 0.2) is 6.07 Å². The third-order valence-electron chi connectivity index (χ3n) is 3.20. The van der Waals surface area contributed by atoms with Gasteiger partial charge in [0.15, 0.2) is 0 Å². The van der Waals surface area contributed by atoms with Crippen molar-refractivity contribution in [3.8, 4) is 0 Å². The second kappa shape index (κ2) is 4.31. The first-order valence-corrected chi connectivity index (χ1v) is 5.86. The van der Waals surface area contributed by atoms with Gasteiger partial charge >= 0.3 is 5.97 Å². The SMILES string of the molecule is Cc1cc(NC2(C(=O)O)CCCC2)nc(C)n1. The fourth-order valence-corrected chi connectivity index (χ4v) is 2.40. The number of nitrogens with one attached hydrogen (secondary N) is 1. The Balaban J connectivity index is 2.26. The Bertz CT molecular complexity index is 419. The Morgan fingerprint density at radius 1 is 1.35 bits per heavy atom. The maximum atomic E-state index is 11.4. The van der Waals surface area contributed by atoms with Crippen LogP contribution in [-0.4, -0.2) is 26.6 Å². The Labute approximate surface area is 100 Å². The van der Waals surface area contributed by atoms with Gasteiger partial charge in [-0.25, -0.2) is 14.8 Å². The highest BCUT2D eigenvalue weighted by Crippen LogP contribution is 2.33. The lowest BCUT2D eigenvalue weighted by Crippen LogP contribution is -2.44. The highest BCUT2D eigenvalue weighted by molar-refractivity contribution is 5.82. The highest BCUT2D eigenvalue weighted by Gasteiger charge is 2.41. The van der Waals surface area contributed by atoms with E-state index in [0.717, 1.165) is 18.5 Å². The van der Waals surface area contributed by atoms with Gasteiger partial charge in [0, 0.05) is 11.8 Å². The molecule has 0 unspecified atom stereocenters. The quantitative estimate of drug-likeness (QED) is 0.837. The Kier molecular flexibility index (Phi) is 3.00. The van der Waals surface area contributed by atoms with Crippen LogP contribution in [0.1, 0.15) is 37.2 Å². The minimum absolute atomic E-state index is 0.610. The third-order valence-corrected chi connectivity index (χ3v) is 3.20. The summed E-state index contributed by atoms with van der Waals surface area (Å²) in [6.07, 6.45) is 3.21. The summed E-state index contributed by atoms with van der Waals surface area (Å²) >= 11 is 0. The van der Waals surface area contributed by atoms with E-state index in [0.29, 0.717) is 24.5 Å². The number of aliphatic carboxylic acids is 1. The van der Waals surface area contributed by atoms with Crippen molar-refractivity contribution in [2.45, 2.75) is 45.1 Å². The molecule has 2 N–H and O–H groups in total. The standard InChI is InChI=1S/C12H17N3O2/c1-8-7-10(14-9(2)13-8)15-12(11(16)17)5-3-4-6-12/h7H,3-6H2,1-2H3,(H,16,17)(H,13,14,15). The second-order valence-electron chi connectivity index (χ2n) is 4.66. The van der Waals surface area contributed by atoms with E-state index in [-0.39, 0.29) is 0 Å². The van der Waals surface area contributed by atoms with E-state index in [1.807, 2.05) is 6.92 Å². The normalized spacial score (nSPS) is 18.0. The molecule has 0 bridgehead atoms. The molecule has 5 nitrogen and oxygen atoms in total. The van der Waals surface area contributed by atoms with E-state index in [1.165, 1.54) is 0 Å². The largest absolute Gasteiger partial charge is 0.480 e. The molecule has 1 aliphatic carbocycles. The number of carboxylic acid groups (broad SMARTS) is 1. The molecule has 5 heteroatoms. The van der Waals surface area contributed by atoms with E-state index in [1.54, 1.807) is 13.0 Å². The number of anilines is 1. The van der Waals surface area contributed by atoms with Crippen molar-refractivity contribution in [3.05, 3.63) is 17.6 Å². The van der Waals surface area contributed by atoms with E-state index in [9.17, 15) is 9.90 Å². The van der Waals surface area contributed by atoms with Crippen LogP contribution in [0.25, 0.3) is 0 Å². The molecule has 1 aromatic heterocycles. The predicted octanol–water partition coefficient (Wildman–Crippen LogP) is 1.90. The van der Waals surface area contributed by atoms with Crippen LogP contribution in [0.2, 0.25) is 0 Å². The van der Waals surface area contributed by atoms with Gasteiger partial charge in [0.2, 0.25) is 0 Å². The van der Waals surface area contributed by atoms with Gasteiger partial charge in [-0.1, -0.05) is 12.8 Å². The first-order chi connectivity index (χ1) is 8.02. The Hall–Kier alpha value is -1.65. The van der Waals surface area contributed by atoms with Crippen LogP contribution in [0.3, 0.4) is 0 Å². The van der Waals surface area contributed by atoms with Crippen LogP contribution in [0.5, 0.6) is 0 Å². The van der Waals surface area contributed by atoms with Crippen molar-refractivity contribution in [2.75, 3.05) is 5.32 Å². The molecule has 0 aliphatic heterocycles. The third kappa shape index (κ3) is 2.38. The molecule has 1 saturated carbocycles. The Morgan fingerprint density at radius 3 is 2.53 bits per heavy atom. The minimum atomic E-state index is -0.840. The number of nitrogens with zero attached hydrogens (tertiary/aromatic N) is 2. The van der Waals surface area contributed by atoms with Gasteiger partial charge in [-0.3, -0.25) is 0 Å². The fourth-order valence-electron chi connectivity index (χ4n) is 2.40. The lowest BCUT2D eigenvalue weighted by molar-refractivity contribution is -0.142. The number of hydrogen-bond acceptors (Lipinski definition) is 4. The molecule has 1 fully saturated rings. The van der Waals surface area contributed by atoms with Crippen molar-refractivity contribution >= 4 is 11.8 Å². The molecule has 1 aromatic rings. The molecule has 0 spiro atoms. The zero-order valence-corrected chi connectivity index (χ0v) is 10.2. The summed E-state index contributed by atoms with van der Waals surface area (Å²) in [6, 6.07) is 1.79. The van der Waals surface area contributed by atoms with Crippen LogP contribution in [-0.2, 0) is 4.79 Å². The summed E-state index contributed by atoms with van der Waals surface area (Å²) < 4.78 is 0. The number of aromatic nitrogens is 2. The smallest absolute Gasteiger partial charge is 0.329 e. The summed E-state index contributed by atoms with van der Waals surface area (Å²) in [5, 5.41) is 12.4. The van der Waals surface area contributed by atoms with Crippen LogP contribution < -0.4 is 5.32 Å². The number of rotatable bonds is 3. The zero-order chi connectivity index (χ0) is 12.5. The molecule has 0 saturated heterocycles. The van der Waals surface area contributed by atoms with Crippen LogP contribution >= 0.6 is 0 Å². The highest BCUT2D eigenvalue weighted by atomic mass is 16.4. The Morgan fingerprint density at radius 2 is 2.00 bits per heavy atom. The van der Waals surface area contributed by atoms with Crippen molar-refractivity contribution in [3.63, 3.8) is 0 Å². The van der Waals surface area contributed by atoms with E-state index in [4.69, 9.17) is 0 Å². The summed E-state index contributed by atoms with van der Waals surface area (Å²) in [7, 11) is 0. The molecular formula is C12H17N3O2. The fraction of sp³-hybridized carbons (Fsp3) is 0.583. The summed E-state index contributed by atoms with van der Waals surface area (Å²) in [5.74, 6) is 0.481. The molecule has 0 amide bonds. The summed E-state index contributed by atoms with van der Waals surface area (Å²) in [4.78, 5) is 19.8. The molecular weight excluding hydrogens is 218 g/mol. The second-order valence-corrected chi connectivity index (χ2v) is 4.66. The lowest BCUT2D eigenvalue weighted by atomic mass is 9.98. The van der Waals surface area contributed by atoms with Gasteiger partial charge in [-0.05, 0) is 26.7 Å². The molecule has 0 aromatic carbocycles. The van der Waals surface area contributed by atoms with Gasteiger partial charge < -0.3 is 10.4 Å². The van der Waals surface area contributed by atoms with Gasteiger partial charge in [-0.2, -0.15) is 0 Å². The molecule has 0 atom stereocenters. The molecule has 0 radical (unpaired) electrons. The molecule has 17 heavy (non-hydrogen) atoms. The maximum Gasteiger partial charge on any atom is 0.329 e. The first kappa shape index (κ1) is 11.8. The average molecular weight is 235 g/mol. The first-order valence-electron chi connectivity index (χ1n) is 5.86. The van der Waals surface area contributed by atoms with Crippen molar-refractivity contribution < 1.29 is 9.90 Å². The van der Waals surface area contributed by atoms with Crippen LogP contribution in [0.4, 0.5) is 5.82 Å². The number of carbonyl (C=O) groups is 1. The van der Waals surface area contributed by atoms with Crippen LogP contribution in [0, 0.1) is 13.8 Å². The lowest BCUT2D eigenvalue weighted by Gasteiger charge is -2.26. The van der Waals surface area contributed by atoms with Gasteiger partial charge in [-0.15, -0.1) is 0 Å². The van der Waals surface area contributed by atoms with E-state index < -0.39 is 11.5 Å². The molecule has 2 rings (SSSR count). The minimum Gasteiger partial charge on any atom is -0.480 e. The predicted molar refractivity (Wildman–Crippen MR) is 64.0 cm³/mol. The van der Waals surface area contributed by atoms with Gasteiger partial charge in [0.1, 0.15) is 17.2 Å². The van der Waals surface area contributed by atoms with E-state index in [2.05, 4.69) is 15.3 Å². The monoisotopic (exact) mass is 235 g/mol. The molecule has 1 heterocycles. The van der Waals surface area contributed by atoms with E-state index >= 15 is 0 Å². The van der Waals surface area contributed by atoms with Crippen molar-refractivity contribution in [2.24, 2.45) is 0 Å². The zero-order valence-electron chi connectivity index (χ0n) is 10.2. The van der Waals surface area contributed by atoms with Gasteiger partial charge in [0.25, 0.3) is 0 Å². The van der Waals surface area contributed by atoms with Gasteiger partial charge in [0.05, 0.1) is 0 Å². The van der Waals surface area contributed by atoms with Crippen molar-refractivity contribution in [1.82, 2.24) is 9.97 Å². The number of hydrogen-bond donors (Lipinski definition) is 2. The molecule has 1 aliphatic rings. The maximum absolute atomic E-state index is 11.4.